The van der Waals surface area contributed by atoms with Crippen LogP contribution >= 0.6 is 0 Å². The molecular weight excluding hydrogens is 494 g/mol. The van der Waals surface area contributed by atoms with Crippen molar-refractivity contribution >= 4 is 0 Å². The second kappa shape index (κ2) is 14.7. The van der Waals surface area contributed by atoms with Crippen LogP contribution in [-0.4, -0.2) is 47.8 Å². The Bertz CT molecular complexity index is 1190. The van der Waals surface area contributed by atoms with E-state index in [1.165, 1.54) is 5.56 Å². The summed E-state index contributed by atoms with van der Waals surface area (Å²) < 4.78 is 0. The zero-order chi connectivity index (χ0) is 27.2. The van der Waals surface area contributed by atoms with E-state index < -0.39 is 0 Å². The summed E-state index contributed by atoms with van der Waals surface area (Å²) in [5.41, 5.74) is 6.57. The van der Waals surface area contributed by atoms with Crippen LogP contribution in [0.2, 0.25) is 0 Å². The highest BCUT2D eigenvalue weighted by Gasteiger charge is 2.12. The average Bonchev–Trinajstić information content (AvgIpc) is 3.01. The molecule has 0 aromatic carbocycles. The van der Waals surface area contributed by atoms with Gasteiger partial charge in [0.15, 0.2) is 0 Å². The van der Waals surface area contributed by atoms with Crippen LogP contribution in [0.15, 0.2) is 116 Å². The Balaban J connectivity index is 1.18. The molecule has 5 rings (SSSR count). The minimum atomic E-state index is 0.776. The molecule has 0 aliphatic carbocycles. The SMILES string of the molecule is c1ccc(CN(CCc2ccc(CCN(Cc3ccccn3)Cc3ccccn3)nc2)Cc2ccccn2)nc1. The number of pyridine rings is 5. The lowest BCUT2D eigenvalue weighted by Gasteiger charge is -2.22. The van der Waals surface area contributed by atoms with E-state index in [1.54, 1.807) is 0 Å². The zero-order valence-corrected chi connectivity index (χ0v) is 22.8. The van der Waals surface area contributed by atoms with Gasteiger partial charge in [-0.05, 0) is 66.6 Å². The second-order valence-electron chi connectivity index (χ2n) is 9.86. The van der Waals surface area contributed by atoms with Crippen LogP contribution in [-0.2, 0) is 39.0 Å². The first-order chi connectivity index (χ1) is 19.8. The van der Waals surface area contributed by atoms with Crippen LogP contribution in [0, 0.1) is 0 Å². The van der Waals surface area contributed by atoms with E-state index in [0.717, 1.165) is 80.6 Å². The Morgan fingerprint density at radius 3 is 1.18 bits per heavy atom. The number of hydrogen-bond donors (Lipinski definition) is 0. The van der Waals surface area contributed by atoms with Gasteiger partial charge in [-0.2, -0.15) is 0 Å². The fraction of sp³-hybridized carbons (Fsp3) is 0.242. The van der Waals surface area contributed by atoms with Crippen molar-refractivity contribution < 1.29 is 0 Å². The van der Waals surface area contributed by atoms with Gasteiger partial charge in [0, 0.05) is 82.4 Å². The summed E-state index contributed by atoms with van der Waals surface area (Å²) >= 11 is 0. The molecule has 5 heterocycles. The summed E-state index contributed by atoms with van der Waals surface area (Å²) in [5.74, 6) is 0. The number of aromatic nitrogens is 5. The molecule has 0 unspecified atom stereocenters. The van der Waals surface area contributed by atoms with E-state index in [1.807, 2.05) is 79.5 Å². The molecule has 0 spiro atoms. The molecule has 0 aliphatic heterocycles. The number of rotatable bonds is 14. The van der Waals surface area contributed by atoms with Crippen LogP contribution in [0.1, 0.15) is 34.0 Å². The monoisotopic (exact) mass is 529 g/mol. The van der Waals surface area contributed by atoms with Gasteiger partial charge in [-0.15, -0.1) is 0 Å². The van der Waals surface area contributed by atoms with Crippen LogP contribution in [0.3, 0.4) is 0 Å². The molecule has 40 heavy (non-hydrogen) atoms. The molecule has 0 fully saturated rings. The Kier molecular flexibility index (Phi) is 10.0. The van der Waals surface area contributed by atoms with Crippen molar-refractivity contribution in [1.82, 2.24) is 34.7 Å². The van der Waals surface area contributed by atoms with Crippen molar-refractivity contribution in [3.8, 4) is 0 Å². The molecule has 5 aromatic heterocycles. The van der Waals surface area contributed by atoms with E-state index >= 15 is 0 Å². The maximum Gasteiger partial charge on any atom is 0.0544 e. The van der Waals surface area contributed by atoms with E-state index in [-0.39, 0.29) is 0 Å². The molecule has 0 saturated carbocycles. The summed E-state index contributed by atoms with van der Waals surface area (Å²) in [6.45, 7) is 4.89. The predicted molar refractivity (Wildman–Crippen MR) is 157 cm³/mol. The van der Waals surface area contributed by atoms with Crippen LogP contribution in [0.4, 0.5) is 0 Å². The standard InChI is InChI=1S/C33H35N7/c1-5-17-34-30(9-1)24-39(25-31-10-2-6-18-35-31)21-15-28-13-14-29(38-23-28)16-22-40(26-32-11-3-7-19-36-32)27-33-12-4-8-20-37-33/h1-14,17-20,23H,15-16,21-22,24-27H2. The smallest absolute Gasteiger partial charge is 0.0544 e. The van der Waals surface area contributed by atoms with Gasteiger partial charge in [-0.1, -0.05) is 30.3 Å². The van der Waals surface area contributed by atoms with Crippen LogP contribution in [0.5, 0.6) is 0 Å². The van der Waals surface area contributed by atoms with E-state index in [0.29, 0.717) is 0 Å². The summed E-state index contributed by atoms with van der Waals surface area (Å²) in [6.07, 6.45) is 11.2. The average molecular weight is 530 g/mol. The van der Waals surface area contributed by atoms with Crippen molar-refractivity contribution in [2.75, 3.05) is 13.1 Å². The van der Waals surface area contributed by atoms with Crippen molar-refractivity contribution in [1.29, 1.82) is 0 Å². The fourth-order valence-corrected chi connectivity index (χ4v) is 4.62. The van der Waals surface area contributed by atoms with Gasteiger partial charge in [0.05, 0.1) is 22.8 Å². The van der Waals surface area contributed by atoms with Crippen molar-refractivity contribution in [2.24, 2.45) is 0 Å². The maximum atomic E-state index is 4.81. The predicted octanol–water partition coefficient (Wildman–Crippen LogP) is 5.15. The third kappa shape index (κ3) is 8.86. The minimum Gasteiger partial charge on any atom is -0.291 e. The van der Waals surface area contributed by atoms with Crippen molar-refractivity contribution in [2.45, 2.75) is 39.0 Å². The summed E-state index contributed by atoms with van der Waals surface area (Å²) in [7, 11) is 0. The van der Waals surface area contributed by atoms with E-state index in [4.69, 9.17) is 4.98 Å². The Labute approximate surface area is 236 Å². The molecule has 0 amide bonds. The minimum absolute atomic E-state index is 0.776. The lowest BCUT2D eigenvalue weighted by molar-refractivity contribution is 0.252. The topological polar surface area (TPSA) is 70.9 Å². The maximum absolute atomic E-state index is 4.81. The van der Waals surface area contributed by atoms with Gasteiger partial charge in [-0.25, -0.2) is 0 Å². The molecule has 0 N–H and O–H groups in total. The normalized spacial score (nSPS) is 11.2. The molecule has 0 saturated heterocycles. The van der Waals surface area contributed by atoms with Gasteiger partial charge in [0.25, 0.3) is 0 Å². The lowest BCUT2D eigenvalue weighted by atomic mass is 10.1. The largest absolute Gasteiger partial charge is 0.291 e. The third-order valence-electron chi connectivity index (χ3n) is 6.73. The number of nitrogens with zero attached hydrogens (tertiary/aromatic N) is 7. The van der Waals surface area contributed by atoms with Gasteiger partial charge in [-0.3, -0.25) is 34.7 Å². The molecule has 0 radical (unpaired) electrons. The number of hydrogen-bond acceptors (Lipinski definition) is 7. The van der Waals surface area contributed by atoms with Gasteiger partial charge in [0.2, 0.25) is 0 Å². The highest BCUT2D eigenvalue weighted by molar-refractivity contribution is 5.16. The summed E-state index contributed by atoms with van der Waals surface area (Å²) in [4.78, 5) is 27.7. The molecule has 0 bridgehead atoms. The zero-order valence-electron chi connectivity index (χ0n) is 22.8. The van der Waals surface area contributed by atoms with Gasteiger partial charge in [0.1, 0.15) is 0 Å². The third-order valence-corrected chi connectivity index (χ3v) is 6.73. The molecule has 0 aliphatic rings. The Morgan fingerprint density at radius 2 is 0.825 bits per heavy atom. The molecule has 0 atom stereocenters. The first-order valence-corrected chi connectivity index (χ1v) is 13.8. The van der Waals surface area contributed by atoms with Crippen LogP contribution < -0.4 is 0 Å². The van der Waals surface area contributed by atoms with E-state index in [9.17, 15) is 0 Å². The highest BCUT2D eigenvalue weighted by atomic mass is 15.1. The van der Waals surface area contributed by atoms with E-state index in [2.05, 4.69) is 66.1 Å². The lowest BCUT2D eigenvalue weighted by Crippen LogP contribution is -2.26. The van der Waals surface area contributed by atoms with Crippen LogP contribution in [0.25, 0.3) is 0 Å². The first-order valence-electron chi connectivity index (χ1n) is 13.8. The summed E-state index contributed by atoms with van der Waals surface area (Å²) in [6, 6.07) is 28.6. The summed E-state index contributed by atoms with van der Waals surface area (Å²) in [5, 5.41) is 0. The Morgan fingerprint density at radius 1 is 0.400 bits per heavy atom. The van der Waals surface area contributed by atoms with Crippen molar-refractivity contribution in [3.63, 3.8) is 0 Å². The molecule has 202 valence electrons. The molecule has 5 aromatic rings. The van der Waals surface area contributed by atoms with Gasteiger partial charge >= 0.3 is 0 Å². The second-order valence-corrected chi connectivity index (χ2v) is 9.86. The molecular formula is C33H35N7. The molecule has 7 heteroatoms. The quantitative estimate of drug-likeness (QED) is 0.197. The van der Waals surface area contributed by atoms with Crippen molar-refractivity contribution in [3.05, 3.63) is 150 Å². The Hall–Kier alpha value is -4.33. The molecule has 7 nitrogen and oxygen atoms in total. The fourth-order valence-electron chi connectivity index (χ4n) is 4.62. The van der Waals surface area contributed by atoms with Gasteiger partial charge < -0.3 is 0 Å². The first kappa shape index (κ1) is 27.2. The highest BCUT2D eigenvalue weighted by Crippen LogP contribution is 2.12.